The molecule has 2 rings (SSSR count). The largest absolute Gasteiger partial charge is 0.444 e. The number of aliphatic hydroxyl groups excluding tert-OH is 1. The zero-order valence-electron chi connectivity index (χ0n) is 11.7. The van der Waals surface area contributed by atoms with E-state index >= 15 is 0 Å². The van der Waals surface area contributed by atoms with Gasteiger partial charge in [0.15, 0.2) is 0 Å². The molecule has 0 fully saturated rings. The predicted octanol–water partition coefficient (Wildman–Crippen LogP) is 2.68. The lowest BCUT2D eigenvalue weighted by molar-refractivity contribution is 0.162. The highest BCUT2D eigenvalue weighted by Gasteiger charge is 2.09. The first-order valence-corrected chi connectivity index (χ1v) is 6.61. The Bertz CT molecular complexity index is 554. The topological polar surface area (TPSA) is 49.5 Å². The molecular weight excluding hydrogens is 259 g/mol. The molecule has 0 radical (unpaired) electrons. The van der Waals surface area contributed by atoms with E-state index in [4.69, 9.17) is 4.42 Å². The van der Waals surface area contributed by atoms with Crippen LogP contribution in [0.25, 0.3) is 11.5 Å². The Labute approximate surface area is 117 Å². The average molecular weight is 278 g/mol. The van der Waals surface area contributed by atoms with Crippen molar-refractivity contribution in [2.24, 2.45) is 0 Å². The number of nitrogens with zero attached hydrogens (tertiary/aromatic N) is 2. The van der Waals surface area contributed by atoms with Gasteiger partial charge >= 0.3 is 0 Å². The van der Waals surface area contributed by atoms with Gasteiger partial charge in [-0.1, -0.05) is 6.07 Å². The molecule has 1 aromatic heterocycles. The van der Waals surface area contributed by atoms with E-state index in [0.717, 1.165) is 12.2 Å². The summed E-state index contributed by atoms with van der Waals surface area (Å²) in [6, 6.07) is 6.17. The van der Waals surface area contributed by atoms with Gasteiger partial charge in [-0.25, -0.2) is 9.37 Å². The van der Waals surface area contributed by atoms with Crippen molar-refractivity contribution in [2.75, 3.05) is 13.6 Å². The first kappa shape index (κ1) is 14.7. The summed E-state index contributed by atoms with van der Waals surface area (Å²) in [5.41, 5.74) is 1.42. The molecule has 0 bridgehead atoms. The second kappa shape index (κ2) is 6.63. The van der Waals surface area contributed by atoms with Gasteiger partial charge < -0.3 is 14.4 Å². The van der Waals surface area contributed by atoms with E-state index in [9.17, 15) is 9.50 Å². The van der Waals surface area contributed by atoms with Crippen molar-refractivity contribution in [3.05, 3.63) is 42.0 Å². The van der Waals surface area contributed by atoms with Crippen LogP contribution in [-0.2, 0) is 6.54 Å². The summed E-state index contributed by atoms with van der Waals surface area (Å²) in [4.78, 5) is 6.41. The van der Waals surface area contributed by atoms with Crippen LogP contribution < -0.4 is 0 Å². The third kappa shape index (κ3) is 4.15. The smallest absolute Gasteiger partial charge is 0.226 e. The summed E-state index contributed by atoms with van der Waals surface area (Å²) < 4.78 is 18.5. The molecule has 0 amide bonds. The van der Waals surface area contributed by atoms with Crippen LogP contribution in [0.3, 0.4) is 0 Å². The van der Waals surface area contributed by atoms with Gasteiger partial charge in [0, 0.05) is 18.7 Å². The Kier molecular flexibility index (Phi) is 4.87. The molecule has 4 nitrogen and oxygen atoms in total. The van der Waals surface area contributed by atoms with Crippen molar-refractivity contribution in [2.45, 2.75) is 26.0 Å². The molecule has 108 valence electrons. The maximum absolute atomic E-state index is 13.1. The average Bonchev–Trinajstić information content (AvgIpc) is 2.85. The van der Waals surface area contributed by atoms with E-state index in [1.54, 1.807) is 25.3 Å². The van der Waals surface area contributed by atoms with E-state index < -0.39 is 0 Å². The van der Waals surface area contributed by atoms with Crippen molar-refractivity contribution in [1.29, 1.82) is 0 Å². The van der Waals surface area contributed by atoms with Crippen molar-refractivity contribution in [3.8, 4) is 11.5 Å². The number of benzene rings is 1. The van der Waals surface area contributed by atoms with Crippen LogP contribution in [0, 0.1) is 5.82 Å². The zero-order valence-corrected chi connectivity index (χ0v) is 11.7. The van der Waals surface area contributed by atoms with Crippen LogP contribution in [0.15, 0.2) is 34.9 Å². The Morgan fingerprint density at radius 2 is 2.25 bits per heavy atom. The van der Waals surface area contributed by atoms with Gasteiger partial charge in [-0.2, -0.15) is 0 Å². The van der Waals surface area contributed by atoms with Crippen LogP contribution in [0.5, 0.6) is 0 Å². The molecule has 0 saturated carbocycles. The minimum Gasteiger partial charge on any atom is -0.444 e. The molecular formula is C15H19FN2O2. The Hall–Kier alpha value is -1.72. The minimum atomic E-state index is -0.309. The molecule has 0 aliphatic rings. The number of oxazole rings is 1. The lowest BCUT2D eigenvalue weighted by Gasteiger charge is -2.15. The summed E-state index contributed by atoms with van der Waals surface area (Å²) >= 11 is 0. The van der Waals surface area contributed by atoms with E-state index in [1.165, 1.54) is 12.1 Å². The first-order chi connectivity index (χ1) is 9.54. The number of hydrogen-bond donors (Lipinski definition) is 1. The molecule has 1 unspecified atom stereocenters. The maximum Gasteiger partial charge on any atom is 0.226 e. The molecule has 1 N–H and O–H groups in total. The zero-order chi connectivity index (χ0) is 14.5. The summed E-state index contributed by atoms with van der Waals surface area (Å²) in [5.74, 6) is 0.111. The fourth-order valence-electron chi connectivity index (χ4n) is 1.90. The SMILES string of the molecule is CC(O)CCN(C)Cc1coc(-c2cccc(F)c2)n1. The van der Waals surface area contributed by atoms with Gasteiger partial charge in [0.1, 0.15) is 12.1 Å². The molecule has 1 atom stereocenters. The second-order valence-electron chi connectivity index (χ2n) is 5.03. The molecule has 1 aromatic carbocycles. The van der Waals surface area contributed by atoms with E-state index in [0.29, 0.717) is 24.4 Å². The monoisotopic (exact) mass is 278 g/mol. The third-order valence-electron chi connectivity index (χ3n) is 2.98. The molecule has 2 aromatic rings. The number of halogens is 1. The Morgan fingerprint density at radius 3 is 2.95 bits per heavy atom. The quantitative estimate of drug-likeness (QED) is 0.882. The van der Waals surface area contributed by atoms with Crippen molar-refractivity contribution < 1.29 is 13.9 Å². The van der Waals surface area contributed by atoms with E-state index in [2.05, 4.69) is 9.88 Å². The Morgan fingerprint density at radius 1 is 1.45 bits per heavy atom. The number of aromatic nitrogens is 1. The number of hydrogen-bond acceptors (Lipinski definition) is 4. The van der Waals surface area contributed by atoms with Gasteiger partial charge in [-0.15, -0.1) is 0 Å². The molecule has 0 aliphatic heterocycles. The summed E-state index contributed by atoms with van der Waals surface area (Å²) in [6.07, 6.45) is 1.99. The molecule has 20 heavy (non-hydrogen) atoms. The van der Waals surface area contributed by atoms with Gasteiger partial charge in [0.25, 0.3) is 0 Å². The fraction of sp³-hybridized carbons (Fsp3) is 0.400. The molecule has 5 heteroatoms. The lowest BCUT2D eigenvalue weighted by atomic mass is 10.2. The van der Waals surface area contributed by atoms with Crippen molar-refractivity contribution in [1.82, 2.24) is 9.88 Å². The standard InChI is InChI=1S/C15H19FN2O2/c1-11(19)6-7-18(2)9-14-10-20-15(17-14)12-4-3-5-13(16)8-12/h3-5,8,10-11,19H,6-7,9H2,1-2H3. The van der Waals surface area contributed by atoms with Gasteiger partial charge in [0.05, 0.1) is 11.8 Å². The summed E-state index contributed by atoms with van der Waals surface area (Å²) in [7, 11) is 1.96. The highest BCUT2D eigenvalue weighted by atomic mass is 19.1. The highest BCUT2D eigenvalue weighted by Crippen LogP contribution is 2.19. The molecule has 0 spiro atoms. The van der Waals surface area contributed by atoms with Crippen molar-refractivity contribution in [3.63, 3.8) is 0 Å². The molecule has 0 saturated heterocycles. The fourth-order valence-corrected chi connectivity index (χ4v) is 1.90. The number of aliphatic hydroxyl groups is 1. The lowest BCUT2D eigenvalue weighted by Crippen LogP contribution is -2.22. The van der Waals surface area contributed by atoms with Gasteiger partial charge in [0.2, 0.25) is 5.89 Å². The predicted molar refractivity (Wildman–Crippen MR) is 74.5 cm³/mol. The molecule has 0 aliphatic carbocycles. The maximum atomic E-state index is 13.1. The van der Waals surface area contributed by atoms with Crippen LogP contribution in [0.4, 0.5) is 4.39 Å². The number of rotatable bonds is 6. The normalized spacial score (nSPS) is 12.8. The third-order valence-corrected chi connectivity index (χ3v) is 2.98. The second-order valence-corrected chi connectivity index (χ2v) is 5.03. The minimum absolute atomic E-state index is 0.308. The van der Waals surface area contributed by atoms with Crippen molar-refractivity contribution >= 4 is 0 Å². The molecule has 1 heterocycles. The van der Waals surface area contributed by atoms with E-state index in [1.807, 2.05) is 7.05 Å². The van der Waals surface area contributed by atoms with Gasteiger partial charge in [-0.05, 0) is 38.6 Å². The summed E-state index contributed by atoms with van der Waals surface area (Å²) in [5, 5.41) is 9.25. The Balaban J connectivity index is 1.99. The van der Waals surface area contributed by atoms with E-state index in [-0.39, 0.29) is 11.9 Å². The summed E-state index contributed by atoms with van der Waals surface area (Å²) in [6.45, 7) is 3.18. The van der Waals surface area contributed by atoms with Crippen LogP contribution in [-0.4, -0.2) is 34.7 Å². The van der Waals surface area contributed by atoms with Gasteiger partial charge in [-0.3, -0.25) is 0 Å². The first-order valence-electron chi connectivity index (χ1n) is 6.61. The van der Waals surface area contributed by atoms with Crippen LogP contribution in [0.2, 0.25) is 0 Å². The highest BCUT2D eigenvalue weighted by molar-refractivity contribution is 5.52. The van der Waals surface area contributed by atoms with Crippen LogP contribution in [0.1, 0.15) is 19.0 Å². The van der Waals surface area contributed by atoms with Crippen LogP contribution >= 0.6 is 0 Å².